The molecule has 26 heteroatoms. The molecular formula is C51H71N15O11. The Balaban J connectivity index is 1.60. The van der Waals surface area contributed by atoms with E-state index in [4.69, 9.17) is 22.9 Å². The molecule has 17 N–H and O–H groups in total. The lowest BCUT2D eigenvalue weighted by Crippen LogP contribution is -2.68. The van der Waals surface area contributed by atoms with E-state index in [9.17, 15) is 47.9 Å². The van der Waals surface area contributed by atoms with E-state index in [0.717, 1.165) is 15.8 Å². The van der Waals surface area contributed by atoms with E-state index in [-0.39, 0.29) is 64.0 Å². The number of hydrogen-bond donors (Lipinski definition) is 13. The number of aromatic amines is 1. The maximum Gasteiger partial charge on any atom is 0.246 e. The van der Waals surface area contributed by atoms with Crippen LogP contribution in [-0.4, -0.2) is 149 Å². The largest absolute Gasteiger partial charge is 0.370 e. The molecule has 0 saturated carbocycles. The molecule has 2 saturated heterocycles. The number of amides is 11. The van der Waals surface area contributed by atoms with Gasteiger partial charge in [-0.2, -0.15) is 0 Å². The molecule has 2 aliphatic rings. The Bertz CT molecular complexity index is 2660. The van der Waals surface area contributed by atoms with Crippen molar-refractivity contribution in [3.63, 3.8) is 0 Å². The number of fused-ring (bicyclic) bond motifs is 3. The number of nitrogens with one attached hydrogen (secondary N) is 9. The number of guanidine groups is 1. The number of carbonyl (C=O) groups is 11. The normalized spacial score (nSPS) is 22.6. The van der Waals surface area contributed by atoms with E-state index in [1.54, 1.807) is 54.7 Å². The highest BCUT2D eigenvalue weighted by Gasteiger charge is 2.43. The van der Waals surface area contributed by atoms with Crippen molar-refractivity contribution in [3.05, 3.63) is 71.9 Å². The number of rotatable bonds is 18. The summed E-state index contributed by atoms with van der Waals surface area (Å²) in [5.41, 5.74) is 24.3. The topological polar surface area (TPSA) is 419 Å². The van der Waals surface area contributed by atoms with Gasteiger partial charge in [-0.3, -0.25) is 57.7 Å². The zero-order valence-corrected chi connectivity index (χ0v) is 43.2. The van der Waals surface area contributed by atoms with Gasteiger partial charge in [-0.15, -0.1) is 0 Å². The molecule has 26 nitrogen and oxygen atoms in total. The van der Waals surface area contributed by atoms with Gasteiger partial charge in [0.1, 0.15) is 48.3 Å². The van der Waals surface area contributed by atoms with E-state index < -0.39 is 139 Å². The highest BCUT2D eigenvalue weighted by molar-refractivity contribution is 6.00. The number of benzene rings is 2. The van der Waals surface area contributed by atoms with Gasteiger partial charge in [-0.1, -0.05) is 68.3 Å². The van der Waals surface area contributed by atoms with Crippen molar-refractivity contribution in [3.8, 4) is 0 Å². The summed E-state index contributed by atoms with van der Waals surface area (Å²) in [5.74, 6) is -9.58. The van der Waals surface area contributed by atoms with Crippen LogP contribution < -0.4 is 65.5 Å². The summed E-state index contributed by atoms with van der Waals surface area (Å²) < 4.78 is 0. The lowest BCUT2D eigenvalue weighted by molar-refractivity contribution is -0.150. The Labute approximate surface area is 444 Å². The standard InChI is InChI=1S/C51H71N15O11/c1-3-4-15-34(59-28(2)67)44(71)63-37-25-42(69)56-21-10-17-33(43(53)70)60-46(73)36(24-30-26-58-32-16-9-8-14-31(30)32)62-48(75)39-27-66(40(49(76)65-39)18-11-22-57-51(54)55)50(77)38(23-29-12-6-5-7-13-29)64-45(72)35(61-47(37)74)19-20-41(52)68/h5-9,12-14,16,26,33-40,58H,3-4,10-11,15,17-25,27H2,1-2H3,(H2,52,68)(H2,53,70)(H,56,69)(H,59,67)(H,60,73)(H,61,74)(H,62,75)(H,63,71)(H,64,72)(H,65,76)(H4,54,55,57)/t33?,34-,35-,36-,37-,38+,39+,40-/m0/s1. The molecule has 11 amide bonds. The van der Waals surface area contributed by atoms with Crippen LogP contribution in [0.4, 0.5) is 0 Å². The van der Waals surface area contributed by atoms with Crippen molar-refractivity contribution in [1.82, 2.24) is 52.4 Å². The fourth-order valence-corrected chi connectivity index (χ4v) is 9.06. The van der Waals surface area contributed by atoms with Gasteiger partial charge in [0.25, 0.3) is 0 Å². The number of primary amides is 2. The van der Waals surface area contributed by atoms with Crippen molar-refractivity contribution in [2.24, 2.45) is 27.9 Å². The molecule has 0 aliphatic carbocycles. The zero-order valence-electron chi connectivity index (χ0n) is 43.2. The second-order valence-corrected chi connectivity index (χ2v) is 19.1. The van der Waals surface area contributed by atoms with Crippen LogP contribution in [0.3, 0.4) is 0 Å². The predicted octanol–water partition coefficient (Wildman–Crippen LogP) is -3.13. The van der Waals surface area contributed by atoms with Gasteiger partial charge in [0.2, 0.25) is 65.0 Å². The minimum absolute atomic E-state index is 0.0337. The Morgan fingerprint density at radius 3 is 2.14 bits per heavy atom. The second-order valence-electron chi connectivity index (χ2n) is 19.1. The van der Waals surface area contributed by atoms with Crippen LogP contribution in [0, 0.1) is 0 Å². The Morgan fingerprint density at radius 1 is 0.766 bits per heavy atom. The summed E-state index contributed by atoms with van der Waals surface area (Å²) >= 11 is 0. The lowest BCUT2D eigenvalue weighted by Gasteiger charge is -2.41. The third-order valence-electron chi connectivity index (χ3n) is 13.1. The Kier molecular flexibility index (Phi) is 22.3. The van der Waals surface area contributed by atoms with Gasteiger partial charge in [-0.05, 0) is 55.7 Å². The first-order valence-electron chi connectivity index (χ1n) is 25.6. The maximum absolute atomic E-state index is 15.2. The number of H-pyrrole nitrogens is 1. The van der Waals surface area contributed by atoms with E-state index in [0.29, 0.717) is 24.0 Å². The minimum Gasteiger partial charge on any atom is -0.370 e. The summed E-state index contributed by atoms with van der Waals surface area (Å²) in [6.45, 7) is 2.51. The van der Waals surface area contributed by atoms with Crippen molar-refractivity contribution >= 4 is 81.8 Å². The van der Waals surface area contributed by atoms with Gasteiger partial charge < -0.3 is 75.4 Å². The zero-order chi connectivity index (χ0) is 56.2. The molecule has 5 rings (SSSR count). The monoisotopic (exact) mass is 1070 g/mol. The molecule has 2 aliphatic heterocycles. The summed E-state index contributed by atoms with van der Waals surface area (Å²) in [4.78, 5) is 160. The van der Waals surface area contributed by atoms with E-state index in [2.05, 4.69) is 52.5 Å². The molecule has 2 bridgehead atoms. The molecule has 8 atom stereocenters. The number of aliphatic imine (C=N–C) groups is 1. The number of nitrogens with zero attached hydrogens (tertiary/aromatic N) is 2. The van der Waals surface area contributed by atoms with Gasteiger partial charge in [0, 0.05) is 56.4 Å². The first-order valence-corrected chi connectivity index (χ1v) is 25.6. The number of carbonyl (C=O) groups excluding carboxylic acids is 11. The van der Waals surface area contributed by atoms with Crippen LogP contribution in [0.1, 0.15) is 89.2 Å². The molecule has 0 radical (unpaired) electrons. The molecule has 77 heavy (non-hydrogen) atoms. The summed E-state index contributed by atoms with van der Waals surface area (Å²) in [6, 6.07) is 4.17. The molecule has 1 aromatic heterocycles. The molecule has 2 aromatic carbocycles. The number of unbranched alkanes of at least 4 members (excludes halogenated alkanes) is 1. The van der Waals surface area contributed by atoms with Gasteiger partial charge in [0.15, 0.2) is 5.96 Å². The molecule has 0 spiro atoms. The number of aromatic nitrogens is 1. The number of hydrogen-bond acceptors (Lipinski definition) is 12. The van der Waals surface area contributed by atoms with E-state index in [1.807, 2.05) is 13.0 Å². The predicted molar refractivity (Wildman–Crippen MR) is 281 cm³/mol. The fourth-order valence-electron chi connectivity index (χ4n) is 9.06. The van der Waals surface area contributed by atoms with Crippen molar-refractivity contribution in [2.75, 3.05) is 19.6 Å². The van der Waals surface area contributed by atoms with Gasteiger partial charge in [0.05, 0.1) is 13.0 Å². The number of para-hydroxylation sites is 1. The average molecular weight is 1070 g/mol. The first kappa shape index (κ1) is 59.3. The van der Waals surface area contributed by atoms with Crippen LogP contribution in [0.25, 0.3) is 10.9 Å². The van der Waals surface area contributed by atoms with Crippen LogP contribution in [0.15, 0.2) is 65.8 Å². The fraction of sp³-hybridized carbons (Fsp3) is 0.490. The van der Waals surface area contributed by atoms with Crippen molar-refractivity contribution in [1.29, 1.82) is 0 Å². The van der Waals surface area contributed by atoms with Crippen molar-refractivity contribution in [2.45, 2.75) is 139 Å². The Hall–Kier alpha value is -8.58. The minimum atomic E-state index is -1.70. The third-order valence-corrected chi connectivity index (χ3v) is 13.1. The molecule has 3 heterocycles. The van der Waals surface area contributed by atoms with Crippen LogP contribution in [0.2, 0.25) is 0 Å². The quantitative estimate of drug-likeness (QED) is 0.0341. The molecule has 2 fully saturated rings. The van der Waals surface area contributed by atoms with E-state index >= 15 is 4.79 Å². The molecule has 416 valence electrons. The Morgan fingerprint density at radius 2 is 1.45 bits per heavy atom. The smallest absolute Gasteiger partial charge is 0.246 e. The summed E-state index contributed by atoms with van der Waals surface area (Å²) in [6.07, 6.45) is 1.10. The number of nitrogens with two attached hydrogens (primary N) is 4. The van der Waals surface area contributed by atoms with Gasteiger partial charge in [-0.25, -0.2) is 0 Å². The highest BCUT2D eigenvalue weighted by atomic mass is 16.2. The van der Waals surface area contributed by atoms with E-state index in [1.165, 1.54) is 6.92 Å². The SMILES string of the molecule is CCCC[C@H](NC(C)=O)C(=O)N[C@H]1CC(=O)NCCCC(C(N)=O)NC(=O)[C@H](Cc2c[nH]c3ccccc23)NC(=O)[C@H]2CN(C(=O)[C@@H](Cc3ccccc3)NC(=O)[C@H](CCC(N)=O)NC1=O)[C@@H](CCCN=C(N)N)C(=O)N2. The van der Waals surface area contributed by atoms with Crippen LogP contribution >= 0.6 is 0 Å². The van der Waals surface area contributed by atoms with Gasteiger partial charge >= 0.3 is 0 Å². The van der Waals surface area contributed by atoms with Crippen molar-refractivity contribution < 1.29 is 52.7 Å². The molecule has 1 unspecified atom stereocenters. The van der Waals surface area contributed by atoms with Crippen LogP contribution in [0.5, 0.6) is 0 Å². The first-order chi connectivity index (χ1) is 36.7. The number of piperazine rings is 1. The summed E-state index contributed by atoms with van der Waals surface area (Å²) in [7, 11) is 0. The highest BCUT2D eigenvalue weighted by Crippen LogP contribution is 2.21. The van der Waals surface area contributed by atoms with Crippen LogP contribution in [-0.2, 0) is 65.6 Å². The maximum atomic E-state index is 15.2. The summed E-state index contributed by atoms with van der Waals surface area (Å²) in [5, 5.41) is 21.6. The second kappa shape index (κ2) is 28.9. The molecule has 3 aromatic rings. The average Bonchev–Trinajstić information content (AvgIpc) is 3.79. The lowest BCUT2D eigenvalue weighted by atomic mass is 9.98. The third kappa shape index (κ3) is 18.1. The molecular weight excluding hydrogens is 999 g/mol.